The van der Waals surface area contributed by atoms with Crippen LogP contribution in [0.3, 0.4) is 0 Å². The molecule has 5 heteroatoms. The molecule has 0 aliphatic carbocycles. The maximum Gasteiger partial charge on any atom is 0.0730 e. The van der Waals surface area contributed by atoms with Crippen molar-refractivity contribution < 1.29 is 0 Å². The van der Waals surface area contributed by atoms with Crippen LogP contribution in [-0.4, -0.2) is 30.6 Å². The molecule has 2 nitrogen and oxygen atoms in total. The van der Waals surface area contributed by atoms with Crippen molar-refractivity contribution in [3.05, 3.63) is 20.3 Å². The molecular formula is C11H18BrClN2S. The fraction of sp³-hybridized carbons (Fsp3) is 0.636. The van der Waals surface area contributed by atoms with Crippen LogP contribution in [0, 0.1) is 6.92 Å². The highest BCUT2D eigenvalue weighted by atomic mass is 79.9. The summed E-state index contributed by atoms with van der Waals surface area (Å²) in [6.45, 7) is 8.95. The largest absolute Gasteiger partial charge is 0.312 e. The Morgan fingerprint density at radius 3 is 2.94 bits per heavy atom. The molecule has 0 unspecified atom stereocenters. The summed E-state index contributed by atoms with van der Waals surface area (Å²) in [7, 11) is 0. The topological polar surface area (TPSA) is 15.3 Å². The first kappa shape index (κ1) is 14.5. The molecule has 1 aromatic rings. The molecule has 2 rings (SSSR count). The fourth-order valence-corrected chi connectivity index (χ4v) is 3.65. The molecule has 0 aromatic carbocycles. The van der Waals surface area contributed by atoms with E-state index in [4.69, 9.17) is 0 Å². The second-order valence-corrected chi connectivity index (χ2v) is 6.71. The Morgan fingerprint density at radius 1 is 1.62 bits per heavy atom. The number of piperazine rings is 1. The van der Waals surface area contributed by atoms with Gasteiger partial charge in [-0.05, 0) is 41.4 Å². The Labute approximate surface area is 116 Å². The first-order valence-electron chi connectivity index (χ1n) is 5.35. The standard InChI is InChI=1S/C11H17BrN2S.ClH/c1-8-5-10(15-11(8)12)7-14-4-3-13-9(2)6-14;/h5,9,13H,3-4,6-7H2,1-2H3;1H/t9-;/m1./s1. The lowest BCUT2D eigenvalue weighted by Crippen LogP contribution is -2.48. The Kier molecular flexibility index (Phi) is 5.74. The predicted molar refractivity (Wildman–Crippen MR) is 76.7 cm³/mol. The monoisotopic (exact) mass is 324 g/mol. The first-order valence-corrected chi connectivity index (χ1v) is 6.96. The van der Waals surface area contributed by atoms with Crippen molar-refractivity contribution in [2.45, 2.75) is 26.4 Å². The molecule has 1 fully saturated rings. The molecule has 1 aromatic heterocycles. The van der Waals surface area contributed by atoms with Crippen LogP contribution < -0.4 is 5.32 Å². The van der Waals surface area contributed by atoms with Crippen molar-refractivity contribution in [2.75, 3.05) is 19.6 Å². The lowest BCUT2D eigenvalue weighted by Gasteiger charge is -2.31. The Balaban J connectivity index is 0.00000128. The van der Waals surface area contributed by atoms with Gasteiger partial charge in [0.1, 0.15) is 0 Å². The van der Waals surface area contributed by atoms with Gasteiger partial charge in [0.25, 0.3) is 0 Å². The SMILES string of the molecule is Cc1cc(CN2CCN[C@H](C)C2)sc1Br.Cl. The van der Waals surface area contributed by atoms with Gasteiger partial charge in [0, 0.05) is 37.1 Å². The van der Waals surface area contributed by atoms with Gasteiger partial charge in [-0.3, -0.25) is 4.90 Å². The summed E-state index contributed by atoms with van der Waals surface area (Å²) in [6.07, 6.45) is 0. The Morgan fingerprint density at radius 2 is 2.38 bits per heavy atom. The van der Waals surface area contributed by atoms with Crippen molar-refractivity contribution in [1.29, 1.82) is 0 Å². The van der Waals surface area contributed by atoms with E-state index >= 15 is 0 Å². The van der Waals surface area contributed by atoms with Gasteiger partial charge in [0.2, 0.25) is 0 Å². The maximum atomic E-state index is 3.58. The number of nitrogens with one attached hydrogen (secondary N) is 1. The van der Waals surface area contributed by atoms with Crippen LogP contribution in [0.1, 0.15) is 17.4 Å². The number of aryl methyl sites for hydroxylation is 1. The lowest BCUT2D eigenvalue weighted by molar-refractivity contribution is 0.201. The molecular weight excluding hydrogens is 308 g/mol. The number of thiophene rings is 1. The fourth-order valence-electron chi connectivity index (χ4n) is 1.98. The molecule has 2 heterocycles. The number of nitrogens with zero attached hydrogens (tertiary/aromatic N) is 1. The van der Waals surface area contributed by atoms with Gasteiger partial charge in [-0.15, -0.1) is 23.7 Å². The molecule has 16 heavy (non-hydrogen) atoms. The van der Waals surface area contributed by atoms with Crippen LogP contribution >= 0.6 is 39.7 Å². The molecule has 1 aliphatic rings. The summed E-state index contributed by atoms with van der Waals surface area (Å²) < 4.78 is 1.28. The minimum atomic E-state index is 0. The van der Waals surface area contributed by atoms with E-state index < -0.39 is 0 Å². The summed E-state index contributed by atoms with van der Waals surface area (Å²) in [5.74, 6) is 0. The van der Waals surface area contributed by atoms with Crippen LogP contribution in [0.5, 0.6) is 0 Å². The van der Waals surface area contributed by atoms with Crippen molar-refractivity contribution >= 4 is 39.7 Å². The minimum Gasteiger partial charge on any atom is -0.312 e. The summed E-state index contributed by atoms with van der Waals surface area (Å²) in [6, 6.07) is 2.92. The number of halogens is 2. The number of hydrogen-bond acceptors (Lipinski definition) is 3. The lowest BCUT2D eigenvalue weighted by atomic mass is 10.2. The van der Waals surface area contributed by atoms with E-state index in [1.165, 1.54) is 20.8 Å². The van der Waals surface area contributed by atoms with E-state index in [1.54, 1.807) is 0 Å². The Bertz CT molecular complexity index is 323. The zero-order valence-electron chi connectivity index (χ0n) is 9.62. The molecule has 0 radical (unpaired) electrons. The van der Waals surface area contributed by atoms with Gasteiger partial charge in [-0.25, -0.2) is 0 Å². The summed E-state index contributed by atoms with van der Waals surface area (Å²) in [5.41, 5.74) is 1.36. The van der Waals surface area contributed by atoms with E-state index in [9.17, 15) is 0 Å². The minimum absolute atomic E-state index is 0. The Hall–Kier alpha value is 0.390. The van der Waals surface area contributed by atoms with Gasteiger partial charge in [0.05, 0.1) is 3.79 Å². The third-order valence-electron chi connectivity index (χ3n) is 2.74. The average Bonchev–Trinajstić information content (AvgIpc) is 2.45. The van der Waals surface area contributed by atoms with Gasteiger partial charge in [0.15, 0.2) is 0 Å². The van der Waals surface area contributed by atoms with E-state index in [1.807, 2.05) is 11.3 Å². The molecule has 92 valence electrons. The molecule has 0 spiro atoms. The predicted octanol–water partition coefficient (Wildman–Crippen LogP) is 3.03. The first-order chi connectivity index (χ1) is 7.15. The zero-order chi connectivity index (χ0) is 10.8. The molecule has 0 amide bonds. The normalized spacial score (nSPS) is 21.8. The van der Waals surface area contributed by atoms with E-state index in [0.717, 1.165) is 19.6 Å². The van der Waals surface area contributed by atoms with Crippen LogP contribution in [0.4, 0.5) is 0 Å². The van der Waals surface area contributed by atoms with Crippen molar-refractivity contribution in [2.24, 2.45) is 0 Å². The van der Waals surface area contributed by atoms with Gasteiger partial charge in [-0.1, -0.05) is 0 Å². The van der Waals surface area contributed by atoms with E-state index in [0.29, 0.717) is 6.04 Å². The van der Waals surface area contributed by atoms with Crippen molar-refractivity contribution in [3.63, 3.8) is 0 Å². The van der Waals surface area contributed by atoms with Crippen LogP contribution in [0.15, 0.2) is 9.85 Å². The maximum absolute atomic E-state index is 3.58. The molecule has 0 saturated carbocycles. The molecule has 1 saturated heterocycles. The third kappa shape index (κ3) is 3.70. The van der Waals surface area contributed by atoms with Crippen LogP contribution in [-0.2, 0) is 6.54 Å². The quantitative estimate of drug-likeness (QED) is 0.899. The highest BCUT2D eigenvalue weighted by Crippen LogP contribution is 2.28. The van der Waals surface area contributed by atoms with Gasteiger partial charge >= 0.3 is 0 Å². The number of hydrogen-bond donors (Lipinski definition) is 1. The second-order valence-electron chi connectivity index (χ2n) is 4.26. The highest BCUT2D eigenvalue weighted by Gasteiger charge is 2.16. The highest BCUT2D eigenvalue weighted by molar-refractivity contribution is 9.11. The molecule has 1 aliphatic heterocycles. The van der Waals surface area contributed by atoms with E-state index in [2.05, 4.69) is 46.1 Å². The van der Waals surface area contributed by atoms with Crippen molar-refractivity contribution in [1.82, 2.24) is 10.2 Å². The summed E-state index contributed by atoms with van der Waals surface area (Å²) in [5, 5.41) is 3.47. The smallest absolute Gasteiger partial charge is 0.0730 e. The zero-order valence-corrected chi connectivity index (χ0v) is 12.8. The summed E-state index contributed by atoms with van der Waals surface area (Å²) in [4.78, 5) is 3.99. The van der Waals surface area contributed by atoms with Gasteiger partial charge < -0.3 is 5.32 Å². The average molecular weight is 326 g/mol. The third-order valence-corrected chi connectivity index (χ3v) is 4.86. The molecule has 1 atom stereocenters. The van der Waals surface area contributed by atoms with Crippen molar-refractivity contribution in [3.8, 4) is 0 Å². The second kappa shape index (κ2) is 6.36. The van der Waals surface area contributed by atoms with Crippen LogP contribution in [0.25, 0.3) is 0 Å². The molecule has 1 N–H and O–H groups in total. The summed E-state index contributed by atoms with van der Waals surface area (Å²) >= 11 is 5.44. The van der Waals surface area contributed by atoms with Crippen LogP contribution in [0.2, 0.25) is 0 Å². The molecule has 0 bridgehead atoms. The van der Waals surface area contributed by atoms with E-state index in [-0.39, 0.29) is 12.4 Å². The number of rotatable bonds is 2. The van der Waals surface area contributed by atoms with Gasteiger partial charge in [-0.2, -0.15) is 0 Å².